The number of hydrogen-bond acceptors (Lipinski definition) is 6. The molecular weight excluding hydrogens is 388 g/mol. The molecule has 2 aliphatic heterocycles. The second-order valence-electron chi connectivity index (χ2n) is 8.51. The second-order valence-corrected chi connectivity index (χ2v) is 8.51. The van der Waals surface area contributed by atoms with Gasteiger partial charge in [0.25, 0.3) is 5.56 Å². The summed E-state index contributed by atoms with van der Waals surface area (Å²) in [4.78, 5) is 28.5. The van der Waals surface area contributed by atoms with E-state index >= 15 is 0 Å². The topological polar surface area (TPSA) is 89.9 Å². The van der Waals surface area contributed by atoms with E-state index in [0.717, 1.165) is 54.0 Å². The number of nitrogen functional groups attached to an aromatic ring is 1. The first-order valence-electron chi connectivity index (χ1n) is 10.6. The molecule has 1 saturated heterocycles. The Morgan fingerprint density at radius 2 is 1.87 bits per heavy atom. The largest absolute Gasteiger partial charge is 0.384 e. The van der Waals surface area contributed by atoms with Gasteiger partial charge in [0.1, 0.15) is 18.0 Å². The van der Waals surface area contributed by atoms with Crippen LogP contribution in [0, 0.1) is 5.92 Å². The standard InChI is InChI=1S/C24H22N6O/c25-22-10-20(26-14-27-22)17-8-21-18-7-15(12-30(21)24(31)9-17)11-29(13-18)23-6-5-16-3-1-2-4-19(16)28-23/h1-6,8-10,14-15,18H,7,11-13H2,(H2,25,26,27)/t15-,18+/m0/s1. The van der Waals surface area contributed by atoms with E-state index in [1.54, 1.807) is 12.1 Å². The van der Waals surface area contributed by atoms with E-state index in [0.29, 0.717) is 17.4 Å². The Morgan fingerprint density at radius 3 is 2.77 bits per heavy atom. The molecule has 1 fully saturated rings. The summed E-state index contributed by atoms with van der Waals surface area (Å²) in [5, 5.41) is 1.15. The molecule has 0 saturated carbocycles. The van der Waals surface area contributed by atoms with E-state index < -0.39 is 0 Å². The van der Waals surface area contributed by atoms with Gasteiger partial charge in [-0.2, -0.15) is 0 Å². The van der Waals surface area contributed by atoms with Crippen molar-refractivity contribution in [2.75, 3.05) is 23.7 Å². The summed E-state index contributed by atoms with van der Waals surface area (Å²) in [5.74, 6) is 2.10. The monoisotopic (exact) mass is 410 g/mol. The third-order valence-electron chi connectivity index (χ3n) is 6.45. The molecule has 0 unspecified atom stereocenters. The third kappa shape index (κ3) is 3.13. The van der Waals surface area contributed by atoms with Crippen LogP contribution < -0.4 is 16.2 Å². The molecule has 0 spiro atoms. The highest BCUT2D eigenvalue weighted by Gasteiger charge is 2.35. The van der Waals surface area contributed by atoms with Crippen molar-refractivity contribution in [2.24, 2.45) is 5.92 Å². The molecule has 0 aliphatic carbocycles. The maximum Gasteiger partial charge on any atom is 0.251 e. The zero-order valence-corrected chi connectivity index (χ0v) is 17.0. The minimum atomic E-state index is 0.0247. The molecule has 0 radical (unpaired) electrons. The van der Waals surface area contributed by atoms with Crippen LogP contribution in [-0.4, -0.2) is 32.6 Å². The highest BCUT2D eigenvalue weighted by Crippen LogP contribution is 2.38. The molecule has 3 aromatic heterocycles. The molecule has 7 heteroatoms. The summed E-state index contributed by atoms with van der Waals surface area (Å²) in [7, 11) is 0. The van der Waals surface area contributed by atoms with Crippen molar-refractivity contribution >= 4 is 22.5 Å². The molecular formula is C24H22N6O. The van der Waals surface area contributed by atoms with Gasteiger partial charge >= 0.3 is 0 Å². The smallest absolute Gasteiger partial charge is 0.251 e. The number of pyridine rings is 2. The van der Waals surface area contributed by atoms with Crippen LogP contribution in [0.25, 0.3) is 22.2 Å². The lowest BCUT2D eigenvalue weighted by molar-refractivity contribution is 0.281. The Balaban J connectivity index is 1.38. The summed E-state index contributed by atoms with van der Waals surface area (Å²) in [6.07, 6.45) is 2.52. The summed E-state index contributed by atoms with van der Waals surface area (Å²) >= 11 is 0. The Bertz CT molecular complexity index is 1360. The fourth-order valence-electron chi connectivity index (χ4n) is 5.06. The fraction of sp³-hybridized carbons (Fsp3) is 0.250. The lowest BCUT2D eigenvalue weighted by Crippen LogP contribution is -2.47. The Hall–Kier alpha value is -3.74. The number of benzene rings is 1. The first-order valence-corrected chi connectivity index (χ1v) is 10.6. The molecule has 31 heavy (non-hydrogen) atoms. The van der Waals surface area contributed by atoms with E-state index in [-0.39, 0.29) is 11.5 Å². The van der Waals surface area contributed by atoms with Crippen LogP contribution in [0.5, 0.6) is 0 Å². The van der Waals surface area contributed by atoms with E-state index in [9.17, 15) is 4.79 Å². The minimum absolute atomic E-state index is 0.0247. The molecule has 7 nitrogen and oxygen atoms in total. The number of hydrogen-bond donors (Lipinski definition) is 1. The van der Waals surface area contributed by atoms with Gasteiger partial charge in [-0.05, 0) is 36.6 Å². The van der Waals surface area contributed by atoms with Crippen molar-refractivity contribution in [3.8, 4) is 11.3 Å². The van der Waals surface area contributed by atoms with Crippen LogP contribution in [0.3, 0.4) is 0 Å². The van der Waals surface area contributed by atoms with Gasteiger partial charge in [-0.15, -0.1) is 0 Å². The van der Waals surface area contributed by atoms with Crippen LogP contribution in [-0.2, 0) is 6.54 Å². The average Bonchev–Trinajstić information content (AvgIpc) is 2.79. The number of fused-ring (bicyclic) bond motifs is 5. The fourth-order valence-corrected chi connectivity index (χ4v) is 5.06. The van der Waals surface area contributed by atoms with Gasteiger partial charge in [-0.3, -0.25) is 4.79 Å². The number of para-hydroxylation sites is 1. The second kappa shape index (κ2) is 6.91. The lowest BCUT2D eigenvalue weighted by Gasteiger charge is -2.43. The van der Waals surface area contributed by atoms with Crippen molar-refractivity contribution in [2.45, 2.75) is 18.9 Å². The molecule has 0 amide bonds. The molecule has 6 rings (SSSR count). The Kier molecular flexibility index (Phi) is 4.02. The summed E-state index contributed by atoms with van der Waals surface area (Å²) < 4.78 is 1.94. The molecule has 5 heterocycles. The zero-order valence-electron chi connectivity index (χ0n) is 17.0. The molecule has 154 valence electrons. The molecule has 4 aromatic rings. The van der Waals surface area contributed by atoms with Crippen LogP contribution in [0.2, 0.25) is 0 Å². The first kappa shape index (κ1) is 18.1. The first-order chi connectivity index (χ1) is 15.1. The van der Waals surface area contributed by atoms with E-state index in [4.69, 9.17) is 10.7 Å². The predicted octanol–water partition coefficient (Wildman–Crippen LogP) is 3.06. The molecule has 2 N–H and O–H groups in total. The number of aromatic nitrogens is 4. The van der Waals surface area contributed by atoms with Crippen molar-refractivity contribution in [1.82, 2.24) is 19.5 Å². The van der Waals surface area contributed by atoms with Gasteiger partial charge in [0.05, 0.1) is 11.2 Å². The summed E-state index contributed by atoms with van der Waals surface area (Å²) in [6, 6.07) is 17.9. The van der Waals surface area contributed by atoms with Crippen LogP contribution in [0.1, 0.15) is 18.0 Å². The molecule has 2 aliphatic rings. The van der Waals surface area contributed by atoms with Crippen molar-refractivity contribution in [3.63, 3.8) is 0 Å². The Morgan fingerprint density at radius 1 is 0.968 bits per heavy atom. The number of nitrogens with two attached hydrogens (primary N) is 1. The SMILES string of the molecule is Nc1cc(-c2cc3n(c(=O)c2)C[C@H]2C[C@@H]3CN(c3ccc4ccccc4n3)C2)ncn1. The van der Waals surface area contributed by atoms with Gasteiger partial charge < -0.3 is 15.2 Å². The zero-order chi connectivity index (χ0) is 20.9. The van der Waals surface area contributed by atoms with Crippen LogP contribution in [0.15, 0.2) is 65.7 Å². The van der Waals surface area contributed by atoms with Gasteiger partial charge in [-0.25, -0.2) is 15.0 Å². The van der Waals surface area contributed by atoms with Gasteiger partial charge in [0.2, 0.25) is 0 Å². The number of anilines is 2. The highest BCUT2D eigenvalue weighted by atomic mass is 16.1. The Labute approximate surface area is 179 Å². The third-order valence-corrected chi connectivity index (χ3v) is 6.45. The lowest BCUT2D eigenvalue weighted by atomic mass is 9.82. The number of nitrogens with zero attached hydrogens (tertiary/aromatic N) is 5. The van der Waals surface area contributed by atoms with Crippen LogP contribution in [0.4, 0.5) is 11.6 Å². The van der Waals surface area contributed by atoms with Crippen molar-refractivity contribution in [3.05, 3.63) is 77.0 Å². The summed E-state index contributed by atoms with van der Waals surface area (Å²) in [5.41, 5.74) is 9.41. The number of rotatable bonds is 2. The van der Waals surface area contributed by atoms with Crippen LogP contribution >= 0.6 is 0 Å². The molecule has 2 atom stereocenters. The maximum atomic E-state index is 12.9. The van der Waals surface area contributed by atoms with Gasteiger partial charge in [0.15, 0.2) is 0 Å². The maximum absolute atomic E-state index is 12.9. The quantitative estimate of drug-likeness (QED) is 0.546. The van der Waals surface area contributed by atoms with Gasteiger partial charge in [0, 0.05) is 54.3 Å². The van der Waals surface area contributed by atoms with E-state index in [1.807, 2.05) is 16.7 Å². The average molecular weight is 410 g/mol. The normalized spacial score (nSPS) is 19.9. The minimum Gasteiger partial charge on any atom is -0.384 e. The predicted molar refractivity (Wildman–Crippen MR) is 121 cm³/mol. The number of piperidine rings is 1. The van der Waals surface area contributed by atoms with E-state index in [2.05, 4.69) is 45.2 Å². The molecule has 1 aromatic carbocycles. The van der Waals surface area contributed by atoms with Gasteiger partial charge in [-0.1, -0.05) is 18.2 Å². The highest BCUT2D eigenvalue weighted by molar-refractivity contribution is 5.80. The van der Waals surface area contributed by atoms with Crippen molar-refractivity contribution < 1.29 is 0 Å². The van der Waals surface area contributed by atoms with E-state index in [1.165, 1.54) is 6.33 Å². The summed E-state index contributed by atoms with van der Waals surface area (Å²) in [6.45, 7) is 2.50. The van der Waals surface area contributed by atoms with Crippen molar-refractivity contribution in [1.29, 1.82) is 0 Å². The molecule has 2 bridgehead atoms.